The van der Waals surface area contributed by atoms with Crippen LogP contribution in [0.1, 0.15) is 26.3 Å². The zero-order valence-electron chi connectivity index (χ0n) is 18.2. The molecule has 1 fully saturated rings. The highest BCUT2D eigenvalue weighted by molar-refractivity contribution is 7.89. The molecule has 0 saturated carbocycles. The summed E-state index contributed by atoms with van der Waals surface area (Å²) in [6.45, 7) is 8.79. The summed E-state index contributed by atoms with van der Waals surface area (Å²) in [6, 6.07) is 4.77. The summed E-state index contributed by atoms with van der Waals surface area (Å²) in [5.41, 5.74) is 0.732. The van der Waals surface area contributed by atoms with Crippen molar-refractivity contribution in [2.24, 2.45) is 4.99 Å². The van der Waals surface area contributed by atoms with Gasteiger partial charge < -0.3 is 19.7 Å². The van der Waals surface area contributed by atoms with Crippen LogP contribution in [-0.2, 0) is 21.3 Å². The van der Waals surface area contributed by atoms with Gasteiger partial charge >= 0.3 is 0 Å². The second kappa shape index (κ2) is 11.5. The van der Waals surface area contributed by atoms with Gasteiger partial charge in [0.05, 0.1) is 32.1 Å². The zero-order valence-corrected chi connectivity index (χ0v) is 19.0. The number of sulfonamides is 1. The maximum Gasteiger partial charge on any atom is 0.216 e. The van der Waals surface area contributed by atoms with Crippen molar-refractivity contribution in [3.8, 4) is 5.75 Å². The van der Waals surface area contributed by atoms with Gasteiger partial charge in [0.25, 0.3) is 0 Å². The fraction of sp³-hybridized carbons (Fsp3) is 0.650. The molecular weight excluding hydrogens is 411 g/mol. The minimum Gasteiger partial charge on any atom is -0.494 e. The molecule has 1 aromatic carbocycles. The number of ether oxygens (including phenoxy) is 2. The number of benzene rings is 1. The summed E-state index contributed by atoms with van der Waals surface area (Å²) in [6.07, 6.45) is 0.00936. The van der Waals surface area contributed by atoms with Crippen molar-refractivity contribution in [2.75, 3.05) is 52.2 Å². The van der Waals surface area contributed by atoms with E-state index in [9.17, 15) is 12.8 Å². The Labute approximate surface area is 179 Å². The first-order chi connectivity index (χ1) is 14.3. The first-order valence-corrected chi connectivity index (χ1v) is 11.8. The molecule has 2 rings (SSSR count). The third-order valence-corrected chi connectivity index (χ3v) is 6.52. The van der Waals surface area contributed by atoms with E-state index in [1.165, 1.54) is 17.5 Å². The van der Waals surface area contributed by atoms with E-state index in [1.54, 1.807) is 12.1 Å². The number of rotatable bonds is 9. The largest absolute Gasteiger partial charge is 0.494 e. The lowest BCUT2D eigenvalue weighted by Gasteiger charge is -2.36. The lowest BCUT2D eigenvalue weighted by Crippen LogP contribution is -2.54. The third kappa shape index (κ3) is 7.10. The van der Waals surface area contributed by atoms with Gasteiger partial charge in [0.15, 0.2) is 17.5 Å². The number of nitrogens with zero attached hydrogens (tertiary/aromatic N) is 3. The lowest BCUT2D eigenvalue weighted by molar-refractivity contribution is 0.0904. The molecule has 170 valence electrons. The van der Waals surface area contributed by atoms with Gasteiger partial charge in [0.1, 0.15) is 0 Å². The van der Waals surface area contributed by atoms with Crippen molar-refractivity contribution in [3.05, 3.63) is 29.6 Å². The number of methoxy groups -OCH3 is 1. The van der Waals surface area contributed by atoms with Crippen LogP contribution in [-0.4, -0.2) is 81.9 Å². The highest BCUT2D eigenvalue weighted by Crippen LogP contribution is 2.18. The van der Waals surface area contributed by atoms with Crippen LogP contribution in [0.3, 0.4) is 0 Å². The Balaban J connectivity index is 1.96. The van der Waals surface area contributed by atoms with Crippen molar-refractivity contribution in [1.29, 1.82) is 0 Å². The Morgan fingerprint density at radius 3 is 2.53 bits per heavy atom. The van der Waals surface area contributed by atoms with Gasteiger partial charge in [0.2, 0.25) is 10.0 Å². The molecule has 1 saturated heterocycles. The molecule has 0 unspecified atom stereocenters. The summed E-state index contributed by atoms with van der Waals surface area (Å²) in [5, 5.41) is 3.23. The molecule has 1 aliphatic rings. The Morgan fingerprint density at radius 2 is 1.97 bits per heavy atom. The van der Waals surface area contributed by atoms with Crippen LogP contribution in [0.25, 0.3) is 0 Å². The van der Waals surface area contributed by atoms with Gasteiger partial charge in [-0.1, -0.05) is 6.07 Å². The Bertz CT molecular complexity index is 809. The average molecular weight is 445 g/mol. The van der Waals surface area contributed by atoms with Gasteiger partial charge in [-0.15, -0.1) is 0 Å². The molecule has 1 heterocycles. The predicted molar refractivity (Wildman–Crippen MR) is 116 cm³/mol. The minimum absolute atomic E-state index is 0.00936. The van der Waals surface area contributed by atoms with E-state index in [1.807, 2.05) is 25.7 Å². The molecule has 0 amide bonds. The van der Waals surface area contributed by atoms with Gasteiger partial charge in [-0.25, -0.2) is 17.8 Å². The molecule has 0 aromatic heterocycles. The lowest BCUT2D eigenvalue weighted by atomic mass is 10.2. The van der Waals surface area contributed by atoms with E-state index in [-0.39, 0.29) is 24.2 Å². The predicted octanol–water partition coefficient (Wildman–Crippen LogP) is 1.67. The molecule has 1 aliphatic heterocycles. The van der Waals surface area contributed by atoms with Crippen LogP contribution in [0.4, 0.5) is 4.39 Å². The smallest absolute Gasteiger partial charge is 0.216 e. The Kier molecular flexibility index (Phi) is 9.32. The van der Waals surface area contributed by atoms with Gasteiger partial charge in [-0.2, -0.15) is 4.31 Å². The minimum atomic E-state index is -3.34. The summed E-state index contributed by atoms with van der Waals surface area (Å²) in [5.74, 6) is 0.456. The Hall–Kier alpha value is -1.91. The molecule has 0 radical (unpaired) electrons. The molecule has 0 aliphatic carbocycles. The highest BCUT2D eigenvalue weighted by atomic mass is 32.2. The number of hydrogen-bond donors (Lipinski definition) is 1. The van der Waals surface area contributed by atoms with Gasteiger partial charge in [-0.05, 0) is 38.5 Å². The normalized spacial score (nSPS) is 16.2. The van der Waals surface area contributed by atoms with Gasteiger partial charge in [0, 0.05) is 32.7 Å². The number of nitrogens with one attached hydrogen (secondary N) is 1. The second-order valence-corrected chi connectivity index (χ2v) is 9.35. The number of halogens is 1. The average Bonchev–Trinajstić information content (AvgIpc) is 2.71. The Morgan fingerprint density at radius 1 is 1.27 bits per heavy atom. The topological polar surface area (TPSA) is 83.5 Å². The van der Waals surface area contributed by atoms with Crippen molar-refractivity contribution < 1.29 is 22.3 Å². The third-order valence-electron chi connectivity index (χ3n) is 4.69. The van der Waals surface area contributed by atoms with Crippen molar-refractivity contribution >= 4 is 16.0 Å². The summed E-state index contributed by atoms with van der Waals surface area (Å²) in [4.78, 5) is 6.62. The van der Waals surface area contributed by atoms with E-state index < -0.39 is 15.8 Å². The van der Waals surface area contributed by atoms with E-state index in [4.69, 9.17) is 9.47 Å². The summed E-state index contributed by atoms with van der Waals surface area (Å²) in [7, 11) is -1.91. The quantitative estimate of drug-likeness (QED) is 0.461. The maximum atomic E-state index is 13.9. The fourth-order valence-electron chi connectivity index (χ4n) is 3.10. The van der Waals surface area contributed by atoms with Gasteiger partial charge in [-0.3, -0.25) is 0 Å². The summed E-state index contributed by atoms with van der Waals surface area (Å²) >= 11 is 0. The van der Waals surface area contributed by atoms with E-state index in [0.717, 1.165) is 5.56 Å². The maximum absolute atomic E-state index is 13.9. The summed E-state index contributed by atoms with van der Waals surface area (Å²) < 4.78 is 50.7. The molecule has 8 nitrogen and oxygen atoms in total. The molecule has 1 N–H and O–H groups in total. The number of piperazine rings is 1. The molecular formula is C20H33FN4O4S. The first kappa shape index (κ1) is 24.4. The van der Waals surface area contributed by atoms with Crippen LogP contribution >= 0.6 is 0 Å². The second-order valence-electron chi connectivity index (χ2n) is 7.26. The van der Waals surface area contributed by atoms with E-state index >= 15 is 0 Å². The molecule has 0 atom stereocenters. The van der Waals surface area contributed by atoms with Crippen LogP contribution in [0.5, 0.6) is 5.75 Å². The first-order valence-electron chi connectivity index (χ1n) is 10.2. The molecule has 0 bridgehead atoms. The zero-order chi connectivity index (χ0) is 22.1. The molecule has 30 heavy (non-hydrogen) atoms. The number of aliphatic imine (C=N–C) groups is 1. The monoisotopic (exact) mass is 444 g/mol. The van der Waals surface area contributed by atoms with Crippen LogP contribution in [0, 0.1) is 5.82 Å². The van der Waals surface area contributed by atoms with E-state index in [0.29, 0.717) is 45.2 Å². The standard InChI is InChI=1S/C20H33FN4O4S/c1-5-22-20(23-15-17-6-7-19(28-4)18(21)14-17)24-8-10-25(11-9-24)30(26,27)13-12-29-16(2)3/h6-7,14,16H,5,8-13,15H2,1-4H3,(H,22,23). The van der Waals surface area contributed by atoms with Crippen molar-refractivity contribution in [1.82, 2.24) is 14.5 Å². The number of guanidine groups is 1. The SMILES string of the molecule is CCNC(=NCc1ccc(OC)c(F)c1)N1CCN(S(=O)(=O)CCOC(C)C)CC1. The van der Waals surface area contributed by atoms with E-state index in [2.05, 4.69) is 10.3 Å². The molecule has 10 heteroatoms. The van der Waals surface area contributed by atoms with Crippen LogP contribution in [0.15, 0.2) is 23.2 Å². The number of hydrogen-bond acceptors (Lipinski definition) is 5. The highest BCUT2D eigenvalue weighted by Gasteiger charge is 2.28. The van der Waals surface area contributed by atoms with Crippen molar-refractivity contribution in [3.63, 3.8) is 0 Å². The molecule has 0 spiro atoms. The molecule has 1 aromatic rings. The van der Waals surface area contributed by atoms with Crippen LogP contribution in [0.2, 0.25) is 0 Å². The van der Waals surface area contributed by atoms with Crippen LogP contribution < -0.4 is 10.1 Å². The fourth-order valence-corrected chi connectivity index (χ4v) is 4.38. The van der Waals surface area contributed by atoms with Crippen molar-refractivity contribution in [2.45, 2.75) is 33.4 Å².